The third kappa shape index (κ3) is 6.67. The molecule has 0 saturated carbocycles. The molecule has 4 nitrogen and oxygen atoms in total. The molecule has 3 aromatic carbocycles. The molecule has 0 aromatic heterocycles. The average molecular weight is 553 g/mol. The maximum absolute atomic E-state index is 6.10. The molecule has 0 amide bonds. The van der Waals surface area contributed by atoms with Crippen molar-refractivity contribution in [2.24, 2.45) is 5.92 Å². The second kappa shape index (κ2) is 13.3. The van der Waals surface area contributed by atoms with E-state index in [0.717, 1.165) is 4.44 Å². The zero-order chi connectivity index (χ0) is 22.6. The van der Waals surface area contributed by atoms with E-state index < -0.39 is 18.4 Å². The zero-order valence-electron chi connectivity index (χ0n) is 19.2. The van der Waals surface area contributed by atoms with Gasteiger partial charge in [0.05, 0.1) is 0 Å². The third-order valence-electron chi connectivity index (χ3n) is 6.22. The fraction of sp³-hybridized carbons (Fsp3) is 0.357. The van der Waals surface area contributed by atoms with Gasteiger partial charge in [-0.05, 0) is 0 Å². The van der Waals surface area contributed by atoms with Crippen molar-refractivity contribution in [1.29, 1.82) is 0 Å². The number of hydrogen-bond donors (Lipinski definition) is 0. The van der Waals surface area contributed by atoms with Crippen LogP contribution in [-0.4, -0.2) is 71.2 Å². The molecule has 0 N–H and O–H groups in total. The van der Waals surface area contributed by atoms with Crippen molar-refractivity contribution in [2.45, 2.75) is 4.44 Å². The van der Waals surface area contributed by atoms with Crippen molar-refractivity contribution in [3.8, 4) is 0 Å². The Kier molecular flexibility index (Phi) is 9.81. The van der Waals surface area contributed by atoms with Crippen LogP contribution in [0.25, 0.3) is 0 Å². The Bertz CT molecular complexity index is 810. The normalized spacial score (nSPS) is 17.5. The SMILES string of the molecule is c1cc[c]([Sn]([CH2]C2COCCOCCOCCOC2)([c]2ccccc2)[c]2ccccc2)cc1. The molecule has 33 heavy (non-hydrogen) atoms. The van der Waals surface area contributed by atoms with Gasteiger partial charge in [-0.1, -0.05) is 0 Å². The van der Waals surface area contributed by atoms with Crippen LogP contribution < -0.4 is 10.7 Å². The van der Waals surface area contributed by atoms with Gasteiger partial charge in [-0.15, -0.1) is 0 Å². The van der Waals surface area contributed by atoms with Crippen LogP contribution in [0.5, 0.6) is 0 Å². The van der Waals surface area contributed by atoms with Gasteiger partial charge in [0, 0.05) is 0 Å². The van der Waals surface area contributed by atoms with Gasteiger partial charge in [-0.25, -0.2) is 0 Å². The molecule has 3 aromatic rings. The molecule has 0 aliphatic carbocycles. The Labute approximate surface area is 201 Å². The van der Waals surface area contributed by atoms with Crippen LogP contribution >= 0.6 is 0 Å². The summed E-state index contributed by atoms with van der Waals surface area (Å²) in [5.74, 6) is 0.294. The number of rotatable bonds is 5. The average Bonchev–Trinajstić information content (AvgIpc) is 2.91. The molecular formula is C28H34O4Sn. The van der Waals surface area contributed by atoms with E-state index in [1.54, 1.807) is 0 Å². The van der Waals surface area contributed by atoms with Crippen molar-refractivity contribution in [1.82, 2.24) is 0 Å². The summed E-state index contributed by atoms with van der Waals surface area (Å²) >= 11 is -3.37. The Morgan fingerprint density at radius 1 is 0.485 bits per heavy atom. The van der Waals surface area contributed by atoms with Gasteiger partial charge >= 0.3 is 202 Å². The molecule has 1 heterocycles. The minimum absolute atomic E-state index is 0.294. The summed E-state index contributed by atoms with van der Waals surface area (Å²) in [5.41, 5.74) is 0. The van der Waals surface area contributed by atoms with Crippen LogP contribution in [0.4, 0.5) is 0 Å². The first-order valence-electron chi connectivity index (χ1n) is 11.9. The van der Waals surface area contributed by atoms with Crippen molar-refractivity contribution in [3.05, 3.63) is 91.0 Å². The topological polar surface area (TPSA) is 36.9 Å². The molecule has 1 saturated heterocycles. The van der Waals surface area contributed by atoms with Crippen molar-refractivity contribution < 1.29 is 18.9 Å². The van der Waals surface area contributed by atoms with Crippen molar-refractivity contribution in [2.75, 3.05) is 52.9 Å². The van der Waals surface area contributed by atoms with E-state index in [2.05, 4.69) is 91.0 Å². The molecule has 1 aliphatic heterocycles. The van der Waals surface area contributed by atoms with Crippen LogP contribution in [0, 0.1) is 5.92 Å². The van der Waals surface area contributed by atoms with Gasteiger partial charge < -0.3 is 0 Å². The monoisotopic (exact) mass is 554 g/mol. The molecule has 0 spiro atoms. The van der Waals surface area contributed by atoms with Gasteiger partial charge in [-0.2, -0.15) is 0 Å². The van der Waals surface area contributed by atoms with Gasteiger partial charge in [-0.3, -0.25) is 0 Å². The molecule has 174 valence electrons. The summed E-state index contributed by atoms with van der Waals surface area (Å²) in [4.78, 5) is 0. The second-order valence-electron chi connectivity index (χ2n) is 8.45. The standard InChI is InChI=1S/C10H19O4.3C6H5.Sn/c1-10-8-13-6-4-11-2-3-12-5-7-14-9-10;3*1-2-4-6-5-3-1;/h10H,1-9H2;3*1-5H;. The Morgan fingerprint density at radius 2 is 0.818 bits per heavy atom. The van der Waals surface area contributed by atoms with Gasteiger partial charge in [0.2, 0.25) is 0 Å². The summed E-state index contributed by atoms with van der Waals surface area (Å²) in [6.45, 7) is 4.94. The predicted molar refractivity (Wildman–Crippen MR) is 136 cm³/mol. The molecule has 0 bridgehead atoms. The fourth-order valence-corrected chi connectivity index (χ4v) is 19.2. The van der Waals surface area contributed by atoms with Crippen LogP contribution in [-0.2, 0) is 18.9 Å². The summed E-state index contributed by atoms with van der Waals surface area (Å²) in [6, 6.07) is 33.4. The molecule has 0 unspecified atom stereocenters. The number of hydrogen-bond acceptors (Lipinski definition) is 4. The maximum atomic E-state index is 6.10. The molecule has 5 heteroatoms. The van der Waals surface area contributed by atoms with E-state index in [4.69, 9.17) is 18.9 Å². The second-order valence-corrected chi connectivity index (χ2v) is 19.7. The molecule has 4 rings (SSSR count). The van der Waals surface area contributed by atoms with Crippen molar-refractivity contribution >= 4 is 29.1 Å². The van der Waals surface area contributed by atoms with E-state index in [1.807, 2.05) is 0 Å². The summed E-state index contributed by atoms with van der Waals surface area (Å²) < 4.78 is 29.0. The molecular weight excluding hydrogens is 519 g/mol. The molecule has 0 atom stereocenters. The van der Waals surface area contributed by atoms with Crippen LogP contribution in [0.2, 0.25) is 4.44 Å². The van der Waals surface area contributed by atoms with Crippen LogP contribution in [0.1, 0.15) is 0 Å². The Morgan fingerprint density at radius 3 is 1.18 bits per heavy atom. The first-order chi connectivity index (χ1) is 16.4. The van der Waals surface area contributed by atoms with E-state index >= 15 is 0 Å². The van der Waals surface area contributed by atoms with E-state index in [0.29, 0.717) is 58.8 Å². The first kappa shape index (κ1) is 24.4. The predicted octanol–water partition coefficient (Wildman–Crippen LogP) is 2.85. The van der Waals surface area contributed by atoms with Gasteiger partial charge in [0.15, 0.2) is 0 Å². The van der Waals surface area contributed by atoms with Crippen molar-refractivity contribution in [3.63, 3.8) is 0 Å². The zero-order valence-corrected chi connectivity index (χ0v) is 22.1. The Hall–Kier alpha value is -1.70. The van der Waals surface area contributed by atoms with Gasteiger partial charge in [0.1, 0.15) is 0 Å². The van der Waals surface area contributed by atoms with Crippen LogP contribution in [0.3, 0.4) is 0 Å². The first-order valence-corrected chi connectivity index (χ1v) is 18.2. The molecule has 0 radical (unpaired) electrons. The van der Waals surface area contributed by atoms with E-state index in [-0.39, 0.29) is 0 Å². The fourth-order valence-electron chi connectivity index (χ4n) is 4.68. The van der Waals surface area contributed by atoms with Crippen LogP contribution in [0.15, 0.2) is 91.0 Å². The van der Waals surface area contributed by atoms with Gasteiger partial charge in [0.25, 0.3) is 0 Å². The summed E-state index contributed by atoms with van der Waals surface area (Å²) in [6.07, 6.45) is 0. The molecule has 1 fully saturated rings. The van der Waals surface area contributed by atoms with E-state index in [1.165, 1.54) is 10.7 Å². The summed E-state index contributed by atoms with van der Waals surface area (Å²) in [7, 11) is 0. The number of ether oxygens (including phenoxy) is 4. The summed E-state index contributed by atoms with van der Waals surface area (Å²) in [5, 5.41) is 0. The van der Waals surface area contributed by atoms with E-state index in [9.17, 15) is 0 Å². The quantitative estimate of drug-likeness (QED) is 0.456. The Balaban J connectivity index is 1.71. The molecule has 1 aliphatic rings. The minimum atomic E-state index is -3.37. The third-order valence-corrected chi connectivity index (χ3v) is 20.9. The number of benzene rings is 3.